The van der Waals surface area contributed by atoms with E-state index >= 15 is 0 Å². The lowest BCUT2D eigenvalue weighted by Crippen LogP contribution is -2.41. The van der Waals surface area contributed by atoms with E-state index in [0.717, 1.165) is 10.7 Å². The molecule has 94 valence electrons. The van der Waals surface area contributed by atoms with Crippen molar-refractivity contribution in [2.45, 2.75) is 39.2 Å². The summed E-state index contributed by atoms with van der Waals surface area (Å²) in [6.07, 6.45) is -0.165. The summed E-state index contributed by atoms with van der Waals surface area (Å²) in [5.41, 5.74) is 0.354. The Kier molecular flexibility index (Phi) is 4.22. The number of aryl methyl sites for hydroxylation is 1. The number of carboxylic acids is 1. The highest BCUT2D eigenvalue weighted by Gasteiger charge is 2.25. The first-order valence-electron chi connectivity index (χ1n) is 5.26. The highest BCUT2D eigenvalue weighted by Crippen LogP contribution is 2.23. The lowest BCUT2D eigenvalue weighted by atomic mass is 10.1. The van der Waals surface area contributed by atoms with E-state index in [9.17, 15) is 9.59 Å². The molecule has 0 atom stereocenters. The summed E-state index contributed by atoms with van der Waals surface area (Å²) in [5, 5.41) is 14.0. The van der Waals surface area contributed by atoms with Crippen molar-refractivity contribution in [2.75, 3.05) is 0 Å². The lowest BCUT2D eigenvalue weighted by Gasteiger charge is -2.23. The average Bonchev–Trinajstić information content (AvgIpc) is 2.62. The smallest absolute Gasteiger partial charge is 0.303 e. The van der Waals surface area contributed by atoms with Gasteiger partial charge in [-0.2, -0.15) is 0 Å². The van der Waals surface area contributed by atoms with Gasteiger partial charge in [0.2, 0.25) is 5.91 Å². The predicted molar refractivity (Wildman–Crippen MR) is 64.9 cm³/mol. The minimum absolute atomic E-state index is 0.0108. The van der Waals surface area contributed by atoms with Crippen LogP contribution in [-0.4, -0.2) is 22.0 Å². The predicted octanol–water partition coefficient (Wildman–Crippen LogP) is 1.67. The molecular formula is C11H16N2O3S. The Hall–Kier alpha value is -1.43. The summed E-state index contributed by atoms with van der Waals surface area (Å²) < 4.78 is 0. The van der Waals surface area contributed by atoms with Crippen molar-refractivity contribution in [3.8, 4) is 0 Å². The Morgan fingerprint density at radius 1 is 1.47 bits per heavy atom. The van der Waals surface area contributed by atoms with Crippen molar-refractivity contribution in [2.24, 2.45) is 0 Å². The van der Waals surface area contributed by atoms with Crippen LogP contribution in [0.3, 0.4) is 0 Å². The maximum atomic E-state index is 11.5. The van der Waals surface area contributed by atoms with Crippen LogP contribution in [-0.2, 0) is 15.1 Å². The van der Waals surface area contributed by atoms with E-state index in [2.05, 4.69) is 10.3 Å². The number of thiazole rings is 1. The van der Waals surface area contributed by atoms with Crippen LogP contribution in [0.4, 0.5) is 0 Å². The van der Waals surface area contributed by atoms with Crippen LogP contribution in [0.25, 0.3) is 0 Å². The molecule has 0 aliphatic carbocycles. The molecule has 1 aromatic rings. The molecule has 2 N–H and O–H groups in total. The van der Waals surface area contributed by atoms with E-state index in [1.54, 1.807) is 0 Å². The number of hydrogen-bond acceptors (Lipinski definition) is 4. The highest BCUT2D eigenvalue weighted by molar-refractivity contribution is 7.09. The van der Waals surface area contributed by atoms with Gasteiger partial charge in [-0.15, -0.1) is 11.3 Å². The molecule has 0 aromatic carbocycles. The first kappa shape index (κ1) is 13.6. The van der Waals surface area contributed by atoms with E-state index < -0.39 is 11.5 Å². The number of aromatic nitrogens is 1. The molecule has 17 heavy (non-hydrogen) atoms. The minimum atomic E-state index is -0.969. The second kappa shape index (κ2) is 5.27. The summed E-state index contributed by atoms with van der Waals surface area (Å²) in [4.78, 5) is 26.2. The largest absolute Gasteiger partial charge is 0.481 e. The summed E-state index contributed by atoms with van der Waals surface area (Å²) in [6, 6.07) is 0. The number of nitrogens with zero attached hydrogens (tertiary/aromatic N) is 1. The van der Waals surface area contributed by atoms with Crippen LogP contribution in [0.15, 0.2) is 5.38 Å². The number of hydrogen-bond donors (Lipinski definition) is 2. The van der Waals surface area contributed by atoms with Gasteiger partial charge in [0.15, 0.2) is 0 Å². The van der Waals surface area contributed by atoms with E-state index in [4.69, 9.17) is 5.11 Å². The molecule has 0 aliphatic rings. The molecule has 0 fully saturated rings. The van der Waals surface area contributed by atoms with E-state index in [1.807, 2.05) is 26.2 Å². The molecule has 0 saturated carbocycles. The van der Waals surface area contributed by atoms with Gasteiger partial charge in [0.25, 0.3) is 0 Å². The van der Waals surface area contributed by atoms with Crippen molar-refractivity contribution < 1.29 is 14.7 Å². The molecule has 5 nitrogen and oxygen atoms in total. The zero-order valence-corrected chi connectivity index (χ0v) is 10.9. The fourth-order valence-corrected chi connectivity index (χ4v) is 2.20. The number of rotatable bonds is 5. The van der Waals surface area contributed by atoms with Gasteiger partial charge >= 0.3 is 5.97 Å². The molecule has 1 heterocycles. The Balaban J connectivity index is 2.60. The lowest BCUT2D eigenvalue weighted by molar-refractivity contribution is -0.139. The van der Waals surface area contributed by atoms with E-state index in [0.29, 0.717) is 0 Å². The van der Waals surface area contributed by atoms with Crippen molar-refractivity contribution in [3.63, 3.8) is 0 Å². The summed E-state index contributed by atoms with van der Waals surface area (Å²) in [5.74, 6) is -1.24. The molecule has 0 radical (unpaired) electrons. The van der Waals surface area contributed by atoms with Gasteiger partial charge in [0.1, 0.15) is 5.01 Å². The molecule has 1 aromatic heterocycles. The SMILES string of the molecule is Cc1csc(C(C)(C)NC(=O)CCC(=O)O)n1. The average molecular weight is 256 g/mol. The molecule has 0 spiro atoms. The summed E-state index contributed by atoms with van der Waals surface area (Å²) in [6.45, 7) is 5.59. The van der Waals surface area contributed by atoms with Crippen LogP contribution in [0.2, 0.25) is 0 Å². The first-order valence-corrected chi connectivity index (χ1v) is 6.14. The van der Waals surface area contributed by atoms with Crippen LogP contribution >= 0.6 is 11.3 Å². The number of nitrogens with one attached hydrogen (secondary N) is 1. The fraction of sp³-hybridized carbons (Fsp3) is 0.545. The van der Waals surface area contributed by atoms with Gasteiger partial charge in [-0.25, -0.2) is 4.98 Å². The van der Waals surface area contributed by atoms with Crippen LogP contribution in [0.5, 0.6) is 0 Å². The fourth-order valence-electron chi connectivity index (χ4n) is 1.33. The Labute approximate surface area is 104 Å². The number of amides is 1. The zero-order chi connectivity index (χ0) is 13.1. The normalized spacial score (nSPS) is 11.2. The summed E-state index contributed by atoms with van der Waals surface area (Å²) in [7, 11) is 0. The van der Waals surface area contributed by atoms with Gasteiger partial charge in [-0.05, 0) is 20.8 Å². The molecule has 1 rings (SSSR count). The molecule has 0 aliphatic heterocycles. The number of carbonyl (C=O) groups is 2. The molecule has 0 bridgehead atoms. The third kappa shape index (κ3) is 4.14. The van der Waals surface area contributed by atoms with Gasteiger partial charge in [0, 0.05) is 17.5 Å². The Bertz CT molecular complexity index is 426. The van der Waals surface area contributed by atoms with Gasteiger partial charge in [-0.1, -0.05) is 0 Å². The quantitative estimate of drug-likeness (QED) is 0.839. The number of carbonyl (C=O) groups excluding carboxylic acids is 1. The van der Waals surface area contributed by atoms with Gasteiger partial charge in [-0.3, -0.25) is 9.59 Å². The topological polar surface area (TPSA) is 79.3 Å². The monoisotopic (exact) mass is 256 g/mol. The maximum Gasteiger partial charge on any atom is 0.303 e. The van der Waals surface area contributed by atoms with Crippen molar-refractivity contribution in [1.29, 1.82) is 0 Å². The number of aliphatic carboxylic acids is 1. The van der Waals surface area contributed by atoms with Crippen molar-refractivity contribution in [3.05, 3.63) is 16.1 Å². The van der Waals surface area contributed by atoms with E-state index in [1.165, 1.54) is 11.3 Å². The first-order chi connectivity index (χ1) is 7.81. The minimum Gasteiger partial charge on any atom is -0.481 e. The Morgan fingerprint density at radius 3 is 2.59 bits per heavy atom. The van der Waals surface area contributed by atoms with E-state index in [-0.39, 0.29) is 18.7 Å². The van der Waals surface area contributed by atoms with Crippen LogP contribution in [0, 0.1) is 6.92 Å². The second-order valence-corrected chi connectivity index (χ2v) is 5.22. The Morgan fingerprint density at radius 2 is 2.12 bits per heavy atom. The molecule has 0 saturated heterocycles. The zero-order valence-electron chi connectivity index (χ0n) is 10.1. The second-order valence-electron chi connectivity index (χ2n) is 4.36. The molecule has 6 heteroatoms. The third-order valence-corrected chi connectivity index (χ3v) is 3.46. The third-order valence-electron chi connectivity index (χ3n) is 2.17. The highest BCUT2D eigenvalue weighted by atomic mass is 32.1. The standard InChI is InChI=1S/C11H16N2O3S/c1-7-6-17-10(12-7)11(2,3)13-8(14)4-5-9(15)16/h6H,4-5H2,1-3H3,(H,13,14)(H,15,16). The van der Waals surface area contributed by atoms with Crippen molar-refractivity contribution >= 4 is 23.2 Å². The summed E-state index contributed by atoms with van der Waals surface area (Å²) >= 11 is 1.48. The van der Waals surface area contributed by atoms with Crippen molar-refractivity contribution in [1.82, 2.24) is 10.3 Å². The van der Waals surface area contributed by atoms with Crippen LogP contribution < -0.4 is 5.32 Å². The van der Waals surface area contributed by atoms with Crippen LogP contribution in [0.1, 0.15) is 37.4 Å². The molecule has 0 unspecified atom stereocenters. The number of carboxylic acid groups (broad SMARTS) is 1. The maximum absolute atomic E-state index is 11.5. The molecule has 1 amide bonds. The molecular weight excluding hydrogens is 240 g/mol. The van der Waals surface area contributed by atoms with Gasteiger partial charge in [0.05, 0.1) is 12.0 Å². The van der Waals surface area contributed by atoms with Gasteiger partial charge < -0.3 is 10.4 Å².